The zero-order chi connectivity index (χ0) is 12.4. The molecule has 0 fully saturated rings. The molecule has 4 heteroatoms. The highest BCUT2D eigenvalue weighted by Gasteiger charge is 2.13. The molecular formula is C13H16N2O2. The monoisotopic (exact) mass is 232 g/mol. The van der Waals surface area contributed by atoms with Gasteiger partial charge in [-0.1, -0.05) is 25.1 Å². The number of rotatable bonds is 3. The molecule has 0 amide bonds. The maximum absolute atomic E-state index is 5.76. The van der Waals surface area contributed by atoms with E-state index < -0.39 is 0 Å². The summed E-state index contributed by atoms with van der Waals surface area (Å²) in [4.78, 5) is 0. The zero-order valence-corrected chi connectivity index (χ0v) is 10.2. The first-order chi connectivity index (χ1) is 8.13. The van der Waals surface area contributed by atoms with E-state index in [9.17, 15) is 0 Å². The summed E-state index contributed by atoms with van der Waals surface area (Å²) in [7, 11) is 1.64. The Hall–Kier alpha value is -1.97. The summed E-state index contributed by atoms with van der Waals surface area (Å²) in [5, 5.41) is 3.69. The lowest BCUT2D eigenvalue weighted by Gasteiger charge is -2.11. The van der Waals surface area contributed by atoms with Crippen LogP contribution in [-0.4, -0.2) is 12.3 Å². The van der Waals surface area contributed by atoms with Crippen molar-refractivity contribution in [2.24, 2.45) is 0 Å². The van der Waals surface area contributed by atoms with Crippen molar-refractivity contribution < 1.29 is 9.26 Å². The van der Waals surface area contributed by atoms with Crippen molar-refractivity contribution in [3.05, 3.63) is 30.0 Å². The fourth-order valence-electron chi connectivity index (χ4n) is 1.74. The van der Waals surface area contributed by atoms with Crippen LogP contribution in [0.3, 0.4) is 0 Å². The molecule has 90 valence electrons. The highest BCUT2D eigenvalue weighted by molar-refractivity contribution is 5.78. The summed E-state index contributed by atoms with van der Waals surface area (Å²) in [5.41, 5.74) is 8.67. The summed E-state index contributed by atoms with van der Waals surface area (Å²) >= 11 is 0. The first-order valence-corrected chi connectivity index (χ1v) is 5.51. The van der Waals surface area contributed by atoms with Crippen molar-refractivity contribution in [3.8, 4) is 16.9 Å². The minimum atomic E-state index is 0.379. The lowest BCUT2D eigenvalue weighted by atomic mass is 9.97. The molecule has 4 nitrogen and oxygen atoms in total. The van der Waals surface area contributed by atoms with Gasteiger partial charge in [0.2, 0.25) is 0 Å². The molecule has 0 bridgehead atoms. The third-order valence-electron chi connectivity index (χ3n) is 2.78. The Morgan fingerprint density at radius 2 is 2.06 bits per heavy atom. The van der Waals surface area contributed by atoms with E-state index in [0.717, 1.165) is 16.9 Å². The standard InChI is InChI=1S/C13H16N2O2/c1-8(2)9-4-5-12(16-3)10(6-9)11-7-17-15-13(11)14/h4-8H,1-3H3,(H2,14,15). The Kier molecular flexibility index (Phi) is 3.04. The van der Waals surface area contributed by atoms with Crippen LogP contribution in [0, 0.1) is 0 Å². The topological polar surface area (TPSA) is 61.3 Å². The lowest BCUT2D eigenvalue weighted by Crippen LogP contribution is -1.94. The maximum Gasteiger partial charge on any atom is 0.174 e. The van der Waals surface area contributed by atoms with Gasteiger partial charge in [-0.25, -0.2) is 0 Å². The molecule has 0 aliphatic carbocycles. The minimum Gasteiger partial charge on any atom is -0.496 e. The fraction of sp³-hybridized carbons (Fsp3) is 0.308. The van der Waals surface area contributed by atoms with Crippen molar-refractivity contribution in [2.75, 3.05) is 12.8 Å². The quantitative estimate of drug-likeness (QED) is 0.883. The molecule has 0 saturated carbocycles. The minimum absolute atomic E-state index is 0.379. The summed E-state index contributed by atoms with van der Waals surface area (Å²) in [6.07, 6.45) is 1.54. The molecule has 2 N–H and O–H groups in total. The van der Waals surface area contributed by atoms with E-state index in [1.165, 1.54) is 11.8 Å². The van der Waals surface area contributed by atoms with Gasteiger partial charge in [-0.2, -0.15) is 0 Å². The van der Waals surface area contributed by atoms with Gasteiger partial charge in [-0.3, -0.25) is 0 Å². The molecule has 0 radical (unpaired) electrons. The van der Waals surface area contributed by atoms with E-state index in [2.05, 4.69) is 31.1 Å². The maximum atomic E-state index is 5.76. The predicted octanol–water partition coefficient (Wildman–Crippen LogP) is 3.06. The van der Waals surface area contributed by atoms with Crippen LogP contribution in [-0.2, 0) is 0 Å². The normalized spacial score (nSPS) is 10.8. The molecule has 1 aromatic carbocycles. The third kappa shape index (κ3) is 2.11. The van der Waals surface area contributed by atoms with Crippen LogP contribution in [0.25, 0.3) is 11.1 Å². The Balaban J connectivity index is 2.57. The average molecular weight is 232 g/mol. The zero-order valence-electron chi connectivity index (χ0n) is 10.2. The van der Waals surface area contributed by atoms with Crippen molar-refractivity contribution in [1.82, 2.24) is 5.16 Å². The van der Waals surface area contributed by atoms with Crippen molar-refractivity contribution >= 4 is 5.82 Å². The molecule has 17 heavy (non-hydrogen) atoms. The highest BCUT2D eigenvalue weighted by Crippen LogP contribution is 2.35. The first kappa shape index (κ1) is 11.5. The second-order valence-corrected chi connectivity index (χ2v) is 4.23. The first-order valence-electron chi connectivity index (χ1n) is 5.51. The van der Waals surface area contributed by atoms with Gasteiger partial charge in [-0.05, 0) is 23.6 Å². The number of hydrogen-bond acceptors (Lipinski definition) is 4. The smallest absolute Gasteiger partial charge is 0.174 e. The molecule has 0 saturated heterocycles. The van der Waals surface area contributed by atoms with Gasteiger partial charge in [0.1, 0.15) is 12.0 Å². The molecule has 0 aliphatic heterocycles. The van der Waals surface area contributed by atoms with Gasteiger partial charge in [-0.15, -0.1) is 0 Å². The third-order valence-corrected chi connectivity index (χ3v) is 2.78. The van der Waals surface area contributed by atoms with Gasteiger partial charge in [0, 0.05) is 5.56 Å². The van der Waals surface area contributed by atoms with E-state index in [1.54, 1.807) is 7.11 Å². The van der Waals surface area contributed by atoms with E-state index >= 15 is 0 Å². The van der Waals surface area contributed by atoms with Crippen molar-refractivity contribution in [2.45, 2.75) is 19.8 Å². The van der Waals surface area contributed by atoms with Gasteiger partial charge < -0.3 is 15.0 Å². The molecule has 1 aromatic heterocycles. The van der Waals surface area contributed by atoms with Crippen LogP contribution in [0.1, 0.15) is 25.3 Å². The Morgan fingerprint density at radius 1 is 1.29 bits per heavy atom. The van der Waals surface area contributed by atoms with Crippen LogP contribution in [0.4, 0.5) is 5.82 Å². The number of aromatic nitrogens is 1. The van der Waals surface area contributed by atoms with Gasteiger partial charge >= 0.3 is 0 Å². The molecular weight excluding hydrogens is 216 g/mol. The van der Waals surface area contributed by atoms with Crippen LogP contribution in [0.15, 0.2) is 29.0 Å². The van der Waals surface area contributed by atoms with Crippen LogP contribution >= 0.6 is 0 Å². The summed E-state index contributed by atoms with van der Waals surface area (Å²) < 4.78 is 10.2. The average Bonchev–Trinajstić information content (AvgIpc) is 2.74. The van der Waals surface area contributed by atoms with E-state index in [-0.39, 0.29) is 0 Å². The van der Waals surface area contributed by atoms with Crippen LogP contribution in [0.5, 0.6) is 5.75 Å². The fourth-order valence-corrected chi connectivity index (χ4v) is 1.74. The summed E-state index contributed by atoms with van der Waals surface area (Å²) in [6, 6.07) is 6.06. The number of nitrogens with zero attached hydrogens (tertiary/aromatic N) is 1. The van der Waals surface area contributed by atoms with E-state index in [0.29, 0.717) is 11.7 Å². The number of methoxy groups -OCH3 is 1. The van der Waals surface area contributed by atoms with Gasteiger partial charge in [0.05, 0.1) is 12.7 Å². The number of hydrogen-bond donors (Lipinski definition) is 1. The SMILES string of the molecule is COc1ccc(C(C)C)cc1-c1conc1N. The molecule has 0 atom stereocenters. The molecule has 1 heterocycles. The molecule has 0 spiro atoms. The molecule has 0 aliphatic rings. The molecule has 0 unspecified atom stereocenters. The number of benzene rings is 1. The number of nitrogens with two attached hydrogens (primary N) is 1. The van der Waals surface area contributed by atoms with E-state index in [4.69, 9.17) is 15.0 Å². The highest BCUT2D eigenvalue weighted by atomic mass is 16.5. The van der Waals surface area contributed by atoms with Crippen molar-refractivity contribution in [3.63, 3.8) is 0 Å². The summed E-state index contributed by atoms with van der Waals surface area (Å²) in [6.45, 7) is 4.28. The Labute approximate surface area is 100 Å². The Morgan fingerprint density at radius 3 is 2.59 bits per heavy atom. The van der Waals surface area contributed by atoms with Gasteiger partial charge in [0.15, 0.2) is 5.82 Å². The molecule has 2 rings (SSSR count). The van der Waals surface area contributed by atoms with Crippen molar-refractivity contribution in [1.29, 1.82) is 0 Å². The van der Waals surface area contributed by atoms with Crippen LogP contribution < -0.4 is 10.5 Å². The van der Waals surface area contributed by atoms with Gasteiger partial charge in [0.25, 0.3) is 0 Å². The van der Waals surface area contributed by atoms with E-state index in [1.807, 2.05) is 6.07 Å². The number of anilines is 1. The second kappa shape index (κ2) is 4.49. The number of ether oxygens (including phenoxy) is 1. The summed E-state index contributed by atoms with van der Waals surface area (Å²) in [5.74, 6) is 1.59. The predicted molar refractivity (Wildman–Crippen MR) is 67.0 cm³/mol. The second-order valence-electron chi connectivity index (χ2n) is 4.23. The lowest BCUT2D eigenvalue weighted by molar-refractivity contribution is 0.415. The Bertz CT molecular complexity index is 518. The molecule has 2 aromatic rings. The largest absolute Gasteiger partial charge is 0.496 e. The van der Waals surface area contributed by atoms with Crippen LogP contribution in [0.2, 0.25) is 0 Å². The number of nitrogen functional groups attached to an aromatic ring is 1.